The molecular weight excluding hydrogens is 219 g/mol. The van der Waals surface area contributed by atoms with E-state index < -0.39 is 11.4 Å². The molecule has 0 spiro atoms. The standard InChI is InChI=1S/C13H21FN2O/c1-12(2,3)16-6-5-13(4,17)10-7-11(14)9-15-8-10/h7-9,16-17H,5-6H2,1-4H3. The fourth-order valence-corrected chi connectivity index (χ4v) is 1.53. The molecule has 1 rings (SSSR count). The van der Waals surface area contributed by atoms with Crippen LogP contribution in [0.5, 0.6) is 0 Å². The van der Waals surface area contributed by atoms with Crippen LogP contribution >= 0.6 is 0 Å². The molecule has 2 N–H and O–H groups in total. The predicted molar refractivity (Wildman–Crippen MR) is 66.1 cm³/mol. The van der Waals surface area contributed by atoms with Crippen LogP contribution in [0.25, 0.3) is 0 Å². The maximum absolute atomic E-state index is 13.0. The zero-order valence-corrected chi connectivity index (χ0v) is 10.9. The van der Waals surface area contributed by atoms with Crippen molar-refractivity contribution < 1.29 is 9.50 Å². The first-order chi connectivity index (χ1) is 7.71. The number of rotatable bonds is 4. The second kappa shape index (κ2) is 5.10. The molecule has 1 aromatic rings. The van der Waals surface area contributed by atoms with Crippen molar-refractivity contribution in [3.63, 3.8) is 0 Å². The molecule has 0 amide bonds. The lowest BCUT2D eigenvalue weighted by molar-refractivity contribution is 0.0457. The minimum atomic E-state index is -1.06. The van der Waals surface area contributed by atoms with Gasteiger partial charge in [-0.25, -0.2) is 4.39 Å². The van der Waals surface area contributed by atoms with Gasteiger partial charge in [0.1, 0.15) is 5.82 Å². The molecule has 0 aliphatic carbocycles. The van der Waals surface area contributed by atoms with Crippen molar-refractivity contribution in [1.29, 1.82) is 0 Å². The normalized spacial score (nSPS) is 15.6. The molecule has 0 aliphatic heterocycles. The summed E-state index contributed by atoms with van der Waals surface area (Å²) in [5, 5.41) is 13.5. The molecule has 17 heavy (non-hydrogen) atoms. The van der Waals surface area contributed by atoms with E-state index in [4.69, 9.17) is 0 Å². The molecule has 1 atom stereocenters. The van der Waals surface area contributed by atoms with Gasteiger partial charge in [-0.2, -0.15) is 0 Å². The third-order valence-electron chi connectivity index (χ3n) is 2.59. The first-order valence-electron chi connectivity index (χ1n) is 5.79. The average molecular weight is 240 g/mol. The molecule has 1 aromatic heterocycles. The highest BCUT2D eigenvalue weighted by Crippen LogP contribution is 2.23. The van der Waals surface area contributed by atoms with Gasteiger partial charge in [0.15, 0.2) is 0 Å². The zero-order chi connectivity index (χ0) is 13.1. The summed E-state index contributed by atoms with van der Waals surface area (Å²) in [6.45, 7) is 8.52. The van der Waals surface area contributed by atoms with Crippen LogP contribution < -0.4 is 5.32 Å². The van der Waals surface area contributed by atoms with Crippen molar-refractivity contribution in [3.05, 3.63) is 29.8 Å². The Balaban J connectivity index is 2.62. The van der Waals surface area contributed by atoms with Crippen LogP contribution in [0.2, 0.25) is 0 Å². The van der Waals surface area contributed by atoms with Gasteiger partial charge in [-0.05, 0) is 46.7 Å². The van der Waals surface area contributed by atoms with Crippen LogP contribution in [0.15, 0.2) is 18.5 Å². The number of nitrogens with zero attached hydrogens (tertiary/aromatic N) is 1. The number of aromatic nitrogens is 1. The highest BCUT2D eigenvalue weighted by molar-refractivity contribution is 5.17. The van der Waals surface area contributed by atoms with Gasteiger partial charge in [0.25, 0.3) is 0 Å². The Labute approximate surface area is 102 Å². The van der Waals surface area contributed by atoms with E-state index >= 15 is 0 Å². The maximum Gasteiger partial charge on any atom is 0.141 e. The molecule has 1 heterocycles. The molecule has 96 valence electrons. The molecule has 1 unspecified atom stereocenters. The molecular formula is C13H21FN2O. The zero-order valence-electron chi connectivity index (χ0n) is 10.9. The summed E-state index contributed by atoms with van der Waals surface area (Å²) in [6.07, 6.45) is 3.14. The van der Waals surface area contributed by atoms with E-state index in [2.05, 4.69) is 31.1 Å². The van der Waals surface area contributed by atoms with Gasteiger partial charge in [-0.15, -0.1) is 0 Å². The molecule has 4 heteroatoms. The van der Waals surface area contributed by atoms with Gasteiger partial charge in [-0.3, -0.25) is 4.98 Å². The van der Waals surface area contributed by atoms with Crippen LogP contribution in [0.3, 0.4) is 0 Å². The van der Waals surface area contributed by atoms with Crippen molar-refractivity contribution in [2.24, 2.45) is 0 Å². The first kappa shape index (κ1) is 14.1. The topological polar surface area (TPSA) is 45.1 Å². The largest absolute Gasteiger partial charge is 0.385 e. The minimum absolute atomic E-state index is 0.0102. The molecule has 0 aliphatic rings. The van der Waals surface area contributed by atoms with E-state index in [0.717, 1.165) is 6.20 Å². The number of halogens is 1. The van der Waals surface area contributed by atoms with E-state index in [-0.39, 0.29) is 5.54 Å². The van der Waals surface area contributed by atoms with E-state index in [9.17, 15) is 9.50 Å². The fourth-order valence-electron chi connectivity index (χ4n) is 1.53. The van der Waals surface area contributed by atoms with Crippen LogP contribution in [-0.4, -0.2) is 22.2 Å². The summed E-state index contributed by atoms with van der Waals surface area (Å²) in [5.41, 5.74) is -0.544. The van der Waals surface area contributed by atoms with Crippen molar-refractivity contribution in [3.8, 4) is 0 Å². The number of aliphatic hydroxyl groups is 1. The third-order valence-corrected chi connectivity index (χ3v) is 2.59. The maximum atomic E-state index is 13.0. The average Bonchev–Trinajstić information content (AvgIpc) is 2.15. The summed E-state index contributed by atoms with van der Waals surface area (Å²) < 4.78 is 13.0. The smallest absolute Gasteiger partial charge is 0.141 e. The lowest BCUT2D eigenvalue weighted by Gasteiger charge is -2.27. The second-order valence-electron chi connectivity index (χ2n) is 5.59. The van der Waals surface area contributed by atoms with Crippen molar-refractivity contribution in [1.82, 2.24) is 10.3 Å². The fraction of sp³-hybridized carbons (Fsp3) is 0.615. The molecule has 0 radical (unpaired) electrons. The monoisotopic (exact) mass is 240 g/mol. The second-order valence-corrected chi connectivity index (χ2v) is 5.59. The van der Waals surface area contributed by atoms with E-state index in [1.54, 1.807) is 6.92 Å². The van der Waals surface area contributed by atoms with Gasteiger partial charge in [-0.1, -0.05) is 0 Å². The van der Waals surface area contributed by atoms with E-state index in [0.29, 0.717) is 18.5 Å². The lowest BCUT2D eigenvalue weighted by atomic mass is 9.93. The molecule has 0 aromatic carbocycles. The highest BCUT2D eigenvalue weighted by atomic mass is 19.1. The van der Waals surface area contributed by atoms with E-state index in [1.165, 1.54) is 12.3 Å². The number of hydrogen-bond acceptors (Lipinski definition) is 3. The molecule has 0 saturated heterocycles. The quantitative estimate of drug-likeness (QED) is 0.848. The van der Waals surface area contributed by atoms with E-state index in [1.807, 2.05) is 0 Å². The Hall–Kier alpha value is -1.00. The van der Waals surface area contributed by atoms with Gasteiger partial charge in [0.05, 0.1) is 11.8 Å². The molecule has 0 bridgehead atoms. The van der Waals surface area contributed by atoms with Crippen LogP contribution in [0.4, 0.5) is 4.39 Å². The minimum Gasteiger partial charge on any atom is -0.385 e. The summed E-state index contributed by atoms with van der Waals surface area (Å²) in [5.74, 6) is -0.424. The van der Waals surface area contributed by atoms with Crippen molar-refractivity contribution in [2.45, 2.75) is 45.3 Å². The van der Waals surface area contributed by atoms with Crippen LogP contribution in [0.1, 0.15) is 39.7 Å². The molecule has 0 fully saturated rings. The SMILES string of the molecule is CC(C)(C)NCCC(C)(O)c1cncc(F)c1. The Morgan fingerprint density at radius 3 is 2.47 bits per heavy atom. The van der Waals surface area contributed by atoms with Gasteiger partial charge in [0, 0.05) is 17.3 Å². The summed E-state index contributed by atoms with van der Waals surface area (Å²) in [7, 11) is 0. The Bertz CT molecular complexity index is 372. The predicted octanol–water partition coefficient (Wildman–Crippen LogP) is 2.21. The van der Waals surface area contributed by atoms with Gasteiger partial charge < -0.3 is 10.4 Å². The Morgan fingerprint density at radius 1 is 1.29 bits per heavy atom. The first-order valence-corrected chi connectivity index (χ1v) is 5.79. The Kier molecular flexibility index (Phi) is 4.22. The molecule has 0 saturated carbocycles. The van der Waals surface area contributed by atoms with Gasteiger partial charge in [0.2, 0.25) is 0 Å². The molecule has 3 nitrogen and oxygen atoms in total. The Morgan fingerprint density at radius 2 is 1.94 bits per heavy atom. The number of nitrogens with one attached hydrogen (secondary N) is 1. The number of hydrogen-bond donors (Lipinski definition) is 2. The summed E-state index contributed by atoms with van der Waals surface area (Å²) in [4.78, 5) is 3.75. The highest BCUT2D eigenvalue weighted by Gasteiger charge is 2.24. The summed E-state index contributed by atoms with van der Waals surface area (Å²) >= 11 is 0. The van der Waals surface area contributed by atoms with Crippen molar-refractivity contribution >= 4 is 0 Å². The van der Waals surface area contributed by atoms with Crippen molar-refractivity contribution in [2.75, 3.05) is 6.54 Å². The number of pyridine rings is 1. The van der Waals surface area contributed by atoms with Crippen LogP contribution in [0, 0.1) is 5.82 Å². The van der Waals surface area contributed by atoms with Crippen LogP contribution in [-0.2, 0) is 5.60 Å². The van der Waals surface area contributed by atoms with Gasteiger partial charge >= 0.3 is 0 Å². The summed E-state index contributed by atoms with van der Waals surface area (Å²) in [6, 6.07) is 1.32. The third kappa shape index (κ3) is 4.79. The lowest BCUT2D eigenvalue weighted by Crippen LogP contribution is -2.39.